The average Bonchev–Trinajstić information content (AvgIpc) is 2.76. The number of anilines is 1. The summed E-state index contributed by atoms with van der Waals surface area (Å²) in [5, 5.41) is 3.18. The second kappa shape index (κ2) is 7.16. The molecular weight excluding hydrogens is 288 g/mol. The van der Waals surface area contributed by atoms with Crippen molar-refractivity contribution in [2.45, 2.75) is 57.9 Å². The van der Waals surface area contributed by atoms with Crippen molar-refractivity contribution in [2.75, 3.05) is 11.4 Å². The highest BCUT2D eigenvalue weighted by atomic mass is 16.2. The van der Waals surface area contributed by atoms with Gasteiger partial charge < -0.3 is 10.2 Å². The molecule has 0 bridgehead atoms. The van der Waals surface area contributed by atoms with Crippen LogP contribution in [-0.2, 0) is 9.59 Å². The Bertz CT molecular complexity index is 559. The van der Waals surface area contributed by atoms with Crippen LogP contribution in [0.2, 0.25) is 0 Å². The molecule has 2 amide bonds. The van der Waals surface area contributed by atoms with Gasteiger partial charge in [-0.1, -0.05) is 43.4 Å². The summed E-state index contributed by atoms with van der Waals surface area (Å²) in [6, 6.07) is 8.22. The maximum absolute atomic E-state index is 12.5. The summed E-state index contributed by atoms with van der Waals surface area (Å²) in [5.74, 6) is -0.109. The molecule has 2 fully saturated rings. The number of aryl methyl sites for hydroxylation is 1. The molecule has 1 saturated carbocycles. The summed E-state index contributed by atoms with van der Waals surface area (Å²) < 4.78 is 0. The summed E-state index contributed by atoms with van der Waals surface area (Å²) in [4.78, 5) is 26.5. The van der Waals surface area contributed by atoms with Crippen molar-refractivity contribution in [3.8, 4) is 0 Å². The number of hydrogen-bond donors (Lipinski definition) is 1. The van der Waals surface area contributed by atoms with E-state index >= 15 is 0 Å². The van der Waals surface area contributed by atoms with Crippen molar-refractivity contribution in [3.05, 3.63) is 29.8 Å². The highest BCUT2D eigenvalue weighted by Gasteiger charge is 2.35. The molecule has 1 N–H and O–H groups in total. The molecule has 1 aliphatic carbocycles. The third-order valence-electron chi connectivity index (χ3n) is 5.04. The van der Waals surface area contributed by atoms with Crippen LogP contribution >= 0.6 is 0 Å². The van der Waals surface area contributed by atoms with Gasteiger partial charge in [0.05, 0.1) is 5.92 Å². The van der Waals surface area contributed by atoms with Crippen LogP contribution in [0.15, 0.2) is 24.3 Å². The highest BCUT2D eigenvalue weighted by molar-refractivity contribution is 6.00. The van der Waals surface area contributed by atoms with Crippen LogP contribution in [0.1, 0.15) is 50.5 Å². The molecule has 3 rings (SSSR count). The van der Waals surface area contributed by atoms with Crippen LogP contribution in [0.3, 0.4) is 0 Å². The monoisotopic (exact) mass is 314 g/mol. The molecule has 4 heteroatoms. The van der Waals surface area contributed by atoms with Crippen molar-refractivity contribution in [2.24, 2.45) is 5.92 Å². The number of carbonyl (C=O) groups is 2. The van der Waals surface area contributed by atoms with E-state index in [0.29, 0.717) is 19.0 Å². The van der Waals surface area contributed by atoms with E-state index in [2.05, 4.69) is 5.32 Å². The van der Waals surface area contributed by atoms with E-state index in [4.69, 9.17) is 0 Å². The zero-order valence-electron chi connectivity index (χ0n) is 13.9. The molecule has 1 aromatic carbocycles. The maximum atomic E-state index is 12.5. The summed E-state index contributed by atoms with van der Waals surface area (Å²) in [6.45, 7) is 2.53. The fourth-order valence-electron chi connectivity index (χ4n) is 3.60. The second-order valence-electron chi connectivity index (χ2n) is 6.94. The number of carbonyl (C=O) groups excluding carboxylic acids is 2. The second-order valence-corrected chi connectivity index (χ2v) is 6.94. The number of nitrogens with zero attached hydrogens (tertiary/aromatic N) is 1. The van der Waals surface area contributed by atoms with Crippen molar-refractivity contribution < 1.29 is 9.59 Å². The Morgan fingerprint density at radius 2 is 1.74 bits per heavy atom. The van der Waals surface area contributed by atoms with Gasteiger partial charge in [0, 0.05) is 24.7 Å². The predicted molar refractivity (Wildman–Crippen MR) is 91.3 cm³/mol. The largest absolute Gasteiger partial charge is 0.353 e. The van der Waals surface area contributed by atoms with E-state index in [1.807, 2.05) is 31.2 Å². The molecule has 1 aliphatic heterocycles. The Kier molecular flexibility index (Phi) is 4.99. The Morgan fingerprint density at radius 3 is 2.39 bits per heavy atom. The molecule has 2 aliphatic rings. The quantitative estimate of drug-likeness (QED) is 0.871. The van der Waals surface area contributed by atoms with Crippen molar-refractivity contribution in [1.29, 1.82) is 0 Å². The standard InChI is InChI=1S/C19H26N2O2/c1-14-8-10-17(11-9-14)21-13-15(12-18(21)22)19(23)20-16-6-4-2-3-5-7-16/h8-11,15-16H,2-7,12-13H2,1H3,(H,20,23)/t15-/m1/s1. The number of nitrogens with one attached hydrogen (secondary N) is 1. The lowest BCUT2D eigenvalue weighted by Gasteiger charge is -2.20. The number of hydrogen-bond acceptors (Lipinski definition) is 2. The van der Waals surface area contributed by atoms with Crippen LogP contribution in [0, 0.1) is 12.8 Å². The molecule has 1 aromatic rings. The molecule has 1 atom stereocenters. The zero-order chi connectivity index (χ0) is 16.2. The van der Waals surface area contributed by atoms with Gasteiger partial charge in [0.1, 0.15) is 0 Å². The van der Waals surface area contributed by atoms with Crippen LogP contribution < -0.4 is 10.2 Å². The van der Waals surface area contributed by atoms with Gasteiger partial charge in [-0.2, -0.15) is 0 Å². The third-order valence-corrected chi connectivity index (χ3v) is 5.04. The van der Waals surface area contributed by atoms with Gasteiger partial charge in [0.25, 0.3) is 0 Å². The van der Waals surface area contributed by atoms with Crippen molar-refractivity contribution in [3.63, 3.8) is 0 Å². The molecule has 4 nitrogen and oxygen atoms in total. The van der Waals surface area contributed by atoms with Gasteiger partial charge in [-0.25, -0.2) is 0 Å². The Balaban J connectivity index is 1.60. The Labute approximate surface area is 138 Å². The minimum atomic E-state index is -0.216. The molecule has 1 heterocycles. The third kappa shape index (κ3) is 3.92. The summed E-state index contributed by atoms with van der Waals surface area (Å²) in [7, 11) is 0. The molecule has 1 saturated heterocycles. The van der Waals surface area contributed by atoms with Crippen LogP contribution in [0.25, 0.3) is 0 Å². The maximum Gasteiger partial charge on any atom is 0.227 e. The highest BCUT2D eigenvalue weighted by Crippen LogP contribution is 2.26. The first kappa shape index (κ1) is 16.0. The topological polar surface area (TPSA) is 49.4 Å². The number of amides is 2. The van der Waals surface area contributed by atoms with Crippen molar-refractivity contribution in [1.82, 2.24) is 5.32 Å². The smallest absolute Gasteiger partial charge is 0.227 e. The van der Waals surface area contributed by atoms with Gasteiger partial charge in [0.15, 0.2) is 0 Å². The molecule has 0 unspecified atom stereocenters. The van der Waals surface area contributed by atoms with Gasteiger partial charge >= 0.3 is 0 Å². The molecular formula is C19H26N2O2. The van der Waals surface area contributed by atoms with E-state index in [1.165, 1.54) is 31.2 Å². The van der Waals surface area contributed by atoms with Crippen LogP contribution in [0.5, 0.6) is 0 Å². The van der Waals surface area contributed by atoms with Gasteiger partial charge in [0.2, 0.25) is 11.8 Å². The first-order valence-electron chi connectivity index (χ1n) is 8.81. The van der Waals surface area contributed by atoms with Gasteiger partial charge in [-0.15, -0.1) is 0 Å². The first-order valence-corrected chi connectivity index (χ1v) is 8.81. The summed E-state index contributed by atoms with van der Waals surface area (Å²) in [6.07, 6.45) is 7.42. The van der Waals surface area contributed by atoms with Crippen LogP contribution in [-0.4, -0.2) is 24.4 Å². The van der Waals surface area contributed by atoms with E-state index in [0.717, 1.165) is 18.5 Å². The van der Waals surface area contributed by atoms with E-state index in [-0.39, 0.29) is 17.7 Å². The molecule has 23 heavy (non-hydrogen) atoms. The lowest BCUT2D eigenvalue weighted by molar-refractivity contribution is -0.127. The first-order chi connectivity index (χ1) is 11.1. The minimum absolute atomic E-state index is 0.0508. The Morgan fingerprint density at radius 1 is 1.09 bits per heavy atom. The number of benzene rings is 1. The Hall–Kier alpha value is -1.84. The van der Waals surface area contributed by atoms with E-state index < -0.39 is 0 Å². The average molecular weight is 314 g/mol. The van der Waals surface area contributed by atoms with E-state index in [1.54, 1.807) is 4.90 Å². The zero-order valence-corrected chi connectivity index (χ0v) is 13.9. The SMILES string of the molecule is Cc1ccc(N2C[C@H](C(=O)NC3CCCCCC3)CC2=O)cc1. The summed E-state index contributed by atoms with van der Waals surface area (Å²) >= 11 is 0. The summed E-state index contributed by atoms with van der Waals surface area (Å²) in [5.41, 5.74) is 2.06. The molecule has 0 aromatic heterocycles. The lowest BCUT2D eigenvalue weighted by atomic mass is 10.0. The molecule has 0 radical (unpaired) electrons. The fourth-order valence-corrected chi connectivity index (χ4v) is 3.60. The van der Waals surface area contributed by atoms with Gasteiger partial charge in [-0.05, 0) is 31.9 Å². The normalized spacial score (nSPS) is 22.9. The molecule has 0 spiro atoms. The fraction of sp³-hybridized carbons (Fsp3) is 0.579. The van der Waals surface area contributed by atoms with Crippen molar-refractivity contribution >= 4 is 17.5 Å². The van der Waals surface area contributed by atoms with Gasteiger partial charge in [-0.3, -0.25) is 9.59 Å². The number of rotatable bonds is 3. The van der Waals surface area contributed by atoms with Crippen LogP contribution in [0.4, 0.5) is 5.69 Å². The minimum Gasteiger partial charge on any atom is -0.353 e. The van der Waals surface area contributed by atoms with E-state index in [9.17, 15) is 9.59 Å². The molecule has 124 valence electrons. The lowest BCUT2D eigenvalue weighted by Crippen LogP contribution is -2.39. The predicted octanol–water partition coefficient (Wildman–Crippen LogP) is 3.19.